The van der Waals surface area contributed by atoms with Crippen LogP contribution >= 0.6 is 11.6 Å². The van der Waals surface area contributed by atoms with Gasteiger partial charge in [-0.2, -0.15) is 0 Å². The first-order valence-electron chi connectivity index (χ1n) is 15.6. The van der Waals surface area contributed by atoms with Gasteiger partial charge in [-0.1, -0.05) is 23.7 Å². The molecule has 5 heterocycles. The smallest absolute Gasteiger partial charge is 0.248 e. The minimum absolute atomic E-state index is 0.0901. The number of amides is 1. The van der Waals surface area contributed by atoms with Gasteiger partial charge in [0.05, 0.1) is 60.6 Å². The van der Waals surface area contributed by atoms with E-state index >= 15 is 0 Å². The normalized spacial score (nSPS) is 21.2. The topological polar surface area (TPSA) is 129 Å². The zero-order valence-corrected chi connectivity index (χ0v) is 26.4. The van der Waals surface area contributed by atoms with E-state index in [-0.39, 0.29) is 24.2 Å². The molecule has 3 unspecified atom stereocenters. The lowest BCUT2D eigenvalue weighted by Gasteiger charge is -2.24. The van der Waals surface area contributed by atoms with Gasteiger partial charge in [0.25, 0.3) is 0 Å². The number of nitrogens with zero attached hydrogens (tertiary/aromatic N) is 4. The maximum absolute atomic E-state index is 13.1. The van der Waals surface area contributed by atoms with E-state index in [4.69, 9.17) is 35.3 Å². The van der Waals surface area contributed by atoms with Gasteiger partial charge < -0.3 is 34.3 Å². The number of aromatic nitrogens is 3. The summed E-state index contributed by atoms with van der Waals surface area (Å²) in [7, 11) is 0. The largest absolute Gasteiger partial charge is 0.486 e. The number of pyridine rings is 1. The standard InChI is InChI=1S/C34H35ClN6O6/c35-26-14-22(6-7-29(26)46-19-23-4-1-2-9-36-23)39-34-25-15-28(30(16-27(25)37-21-38-34)47-24-8-11-43-20-24)40-33(42)5-3-10-41-17-31-32(18-41)45-13-12-44-31/h1-7,9,14-16,21,24,31-32H,8,10-13,17-20H2,(H,40,42)(H,37,38,39). The third-order valence-corrected chi connectivity index (χ3v) is 8.44. The number of fused-ring (bicyclic) bond motifs is 2. The molecule has 0 spiro atoms. The van der Waals surface area contributed by atoms with Gasteiger partial charge in [0.1, 0.15) is 36.4 Å². The van der Waals surface area contributed by atoms with Gasteiger partial charge in [0.15, 0.2) is 0 Å². The fraction of sp³-hybridized carbons (Fsp3) is 0.353. The van der Waals surface area contributed by atoms with Crippen LogP contribution in [0.2, 0.25) is 5.02 Å². The summed E-state index contributed by atoms with van der Waals surface area (Å²) in [6.45, 7) is 4.84. The summed E-state index contributed by atoms with van der Waals surface area (Å²) in [6, 6.07) is 14.7. The predicted molar refractivity (Wildman–Crippen MR) is 176 cm³/mol. The molecule has 3 saturated heterocycles. The summed E-state index contributed by atoms with van der Waals surface area (Å²) >= 11 is 6.57. The van der Waals surface area contributed by atoms with Crippen molar-refractivity contribution in [2.24, 2.45) is 0 Å². The van der Waals surface area contributed by atoms with Gasteiger partial charge in [0, 0.05) is 55.5 Å². The van der Waals surface area contributed by atoms with Crippen molar-refractivity contribution >= 4 is 45.6 Å². The molecule has 3 fully saturated rings. The monoisotopic (exact) mass is 658 g/mol. The number of rotatable bonds is 11. The molecule has 13 heteroatoms. The van der Waals surface area contributed by atoms with Crippen LogP contribution in [0.3, 0.4) is 0 Å². The Morgan fingerprint density at radius 2 is 1.89 bits per heavy atom. The molecule has 3 aliphatic rings. The zero-order valence-electron chi connectivity index (χ0n) is 25.6. The SMILES string of the molecule is O=C(C=CCN1CC2OCCOC2C1)Nc1cc2c(Nc3ccc(OCc4ccccn4)c(Cl)c3)ncnc2cc1OC1CCOC1. The van der Waals surface area contributed by atoms with Gasteiger partial charge in [-0.3, -0.25) is 14.7 Å². The highest BCUT2D eigenvalue weighted by Gasteiger charge is 2.35. The summed E-state index contributed by atoms with van der Waals surface area (Å²) in [5, 5.41) is 7.46. The van der Waals surface area contributed by atoms with E-state index in [0.717, 1.165) is 25.2 Å². The fourth-order valence-corrected chi connectivity index (χ4v) is 6.04. The Morgan fingerprint density at radius 1 is 1.02 bits per heavy atom. The Labute approximate surface area is 277 Å². The summed E-state index contributed by atoms with van der Waals surface area (Å²) < 4.78 is 29.3. The minimum Gasteiger partial charge on any atom is -0.486 e. The molecule has 47 heavy (non-hydrogen) atoms. The third-order valence-electron chi connectivity index (χ3n) is 8.14. The number of nitrogens with one attached hydrogen (secondary N) is 2. The van der Waals surface area contributed by atoms with Crippen LogP contribution in [0.15, 0.2) is 73.2 Å². The Hall–Kier alpha value is -4.33. The quantitative estimate of drug-likeness (QED) is 0.216. The van der Waals surface area contributed by atoms with Crippen molar-refractivity contribution in [3.63, 3.8) is 0 Å². The average Bonchev–Trinajstić information content (AvgIpc) is 3.75. The fourth-order valence-electron chi connectivity index (χ4n) is 5.80. The Morgan fingerprint density at radius 3 is 2.66 bits per heavy atom. The number of hydrogen-bond acceptors (Lipinski definition) is 11. The first-order chi connectivity index (χ1) is 23.1. The maximum Gasteiger partial charge on any atom is 0.248 e. The molecule has 4 aromatic rings. The maximum atomic E-state index is 13.1. The Balaban J connectivity index is 1.07. The molecule has 2 N–H and O–H groups in total. The zero-order chi connectivity index (χ0) is 32.0. The van der Waals surface area contributed by atoms with E-state index in [0.29, 0.717) is 84.2 Å². The van der Waals surface area contributed by atoms with Crippen LogP contribution in [0.4, 0.5) is 17.2 Å². The second-order valence-corrected chi connectivity index (χ2v) is 11.9. The van der Waals surface area contributed by atoms with Gasteiger partial charge in [-0.25, -0.2) is 9.97 Å². The molecule has 2 aromatic heterocycles. The predicted octanol–water partition coefficient (Wildman–Crippen LogP) is 4.76. The lowest BCUT2D eigenvalue weighted by molar-refractivity contribution is -0.116. The Bertz CT molecular complexity index is 1720. The highest BCUT2D eigenvalue weighted by Crippen LogP contribution is 2.36. The van der Waals surface area contributed by atoms with E-state index in [1.807, 2.05) is 42.5 Å². The second kappa shape index (κ2) is 14.6. The number of halogens is 1. The molecule has 244 valence electrons. The van der Waals surface area contributed by atoms with Crippen LogP contribution < -0.4 is 20.1 Å². The average molecular weight is 659 g/mol. The number of likely N-dealkylation sites (tertiary alicyclic amines) is 1. The van der Waals surface area contributed by atoms with E-state index in [1.54, 1.807) is 18.3 Å². The van der Waals surface area contributed by atoms with Gasteiger partial charge in [-0.05, 0) is 36.4 Å². The van der Waals surface area contributed by atoms with Crippen molar-refractivity contribution in [3.8, 4) is 11.5 Å². The first kappa shape index (κ1) is 31.3. The summed E-state index contributed by atoms with van der Waals surface area (Å²) in [4.78, 5) is 28.6. The second-order valence-electron chi connectivity index (χ2n) is 11.5. The van der Waals surface area contributed by atoms with Crippen LogP contribution in [0.1, 0.15) is 12.1 Å². The summed E-state index contributed by atoms with van der Waals surface area (Å²) in [6.07, 6.45) is 7.40. The lowest BCUT2D eigenvalue weighted by atomic mass is 10.1. The van der Waals surface area contributed by atoms with Crippen LogP contribution in [-0.4, -0.2) is 90.1 Å². The summed E-state index contributed by atoms with van der Waals surface area (Å²) in [5.74, 6) is 1.31. The van der Waals surface area contributed by atoms with E-state index in [9.17, 15) is 4.79 Å². The molecular formula is C34H35ClN6O6. The van der Waals surface area contributed by atoms with Crippen molar-refractivity contribution in [2.75, 3.05) is 56.7 Å². The van der Waals surface area contributed by atoms with Crippen molar-refractivity contribution < 1.29 is 28.5 Å². The van der Waals surface area contributed by atoms with Crippen molar-refractivity contribution in [1.82, 2.24) is 19.9 Å². The molecule has 2 aromatic carbocycles. The number of benzene rings is 2. The molecule has 0 saturated carbocycles. The van der Waals surface area contributed by atoms with Crippen molar-refractivity contribution in [2.45, 2.75) is 31.3 Å². The van der Waals surface area contributed by atoms with Crippen molar-refractivity contribution in [3.05, 3.63) is 83.9 Å². The molecule has 7 rings (SSSR count). The highest BCUT2D eigenvalue weighted by molar-refractivity contribution is 6.32. The third kappa shape index (κ3) is 7.80. The number of carbonyl (C=O) groups excluding carboxylic acids is 1. The van der Waals surface area contributed by atoms with E-state index in [2.05, 4.69) is 30.5 Å². The number of hydrogen-bond donors (Lipinski definition) is 2. The van der Waals surface area contributed by atoms with Crippen LogP contribution in [0.25, 0.3) is 10.9 Å². The van der Waals surface area contributed by atoms with Crippen LogP contribution in [0.5, 0.6) is 11.5 Å². The summed E-state index contributed by atoms with van der Waals surface area (Å²) in [5.41, 5.74) is 2.65. The molecule has 12 nitrogen and oxygen atoms in total. The molecule has 0 radical (unpaired) electrons. The molecule has 0 aliphatic carbocycles. The molecule has 3 atom stereocenters. The number of anilines is 3. The highest BCUT2D eigenvalue weighted by atomic mass is 35.5. The number of carbonyl (C=O) groups is 1. The van der Waals surface area contributed by atoms with Gasteiger partial charge in [0.2, 0.25) is 5.91 Å². The van der Waals surface area contributed by atoms with Gasteiger partial charge in [-0.15, -0.1) is 0 Å². The van der Waals surface area contributed by atoms with Gasteiger partial charge >= 0.3 is 0 Å². The first-order valence-corrected chi connectivity index (χ1v) is 16.0. The lowest BCUT2D eigenvalue weighted by Crippen LogP contribution is -2.36. The molecule has 0 bridgehead atoms. The Kier molecular flexibility index (Phi) is 9.73. The number of ether oxygens (including phenoxy) is 5. The van der Waals surface area contributed by atoms with Crippen LogP contribution in [0, 0.1) is 0 Å². The molecule has 3 aliphatic heterocycles. The van der Waals surface area contributed by atoms with E-state index in [1.165, 1.54) is 12.4 Å². The molecular weight excluding hydrogens is 624 g/mol. The van der Waals surface area contributed by atoms with Crippen molar-refractivity contribution in [1.29, 1.82) is 0 Å². The molecule has 1 amide bonds. The van der Waals surface area contributed by atoms with Crippen LogP contribution in [-0.2, 0) is 25.6 Å². The minimum atomic E-state index is -0.277. The van der Waals surface area contributed by atoms with E-state index < -0.39 is 0 Å².